The van der Waals surface area contributed by atoms with Crippen molar-refractivity contribution in [1.82, 2.24) is 0 Å². The molecule has 0 aromatic heterocycles. The Labute approximate surface area is 88.4 Å². The monoisotopic (exact) mass is 280 g/mol. The van der Waals surface area contributed by atoms with Crippen molar-refractivity contribution in [3.63, 3.8) is 0 Å². The van der Waals surface area contributed by atoms with Crippen molar-refractivity contribution < 1.29 is 4.74 Å². The third-order valence-corrected chi connectivity index (χ3v) is 4.35. The third kappa shape index (κ3) is 1.79. The molecule has 12 heavy (non-hydrogen) atoms. The molecule has 70 valence electrons. The Morgan fingerprint density at radius 2 is 2.00 bits per heavy atom. The summed E-state index contributed by atoms with van der Waals surface area (Å²) in [6, 6.07) is 0. The molecule has 2 heteroatoms. The Morgan fingerprint density at radius 1 is 1.25 bits per heavy atom. The molecule has 2 aliphatic rings. The summed E-state index contributed by atoms with van der Waals surface area (Å²) in [7, 11) is 0. The van der Waals surface area contributed by atoms with Crippen LogP contribution in [0.3, 0.4) is 0 Å². The van der Waals surface area contributed by atoms with Gasteiger partial charge in [0.05, 0.1) is 12.7 Å². The van der Waals surface area contributed by atoms with Gasteiger partial charge in [0.15, 0.2) is 0 Å². The summed E-state index contributed by atoms with van der Waals surface area (Å²) in [4.78, 5) is 0. The second-order valence-electron chi connectivity index (χ2n) is 4.35. The minimum atomic E-state index is 0.573. The van der Waals surface area contributed by atoms with Crippen molar-refractivity contribution >= 4 is 22.6 Å². The van der Waals surface area contributed by atoms with Crippen LogP contribution in [0.5, 0.6) is 0 Å². The Kier molecular flexibility index (Phi) is 2.95. The molecule has 1 spiro atoms. The third-order valence-electron chi connectivity index (χ3n) is 3.37. The molecule has 1 nitrogen and oxygen atoms in total. The molecule has 0 aromatic rings. The van der Waals surface area contributed by atoms with E-state index in [0.717, 1.165) is 6.61 Å². The van der Waals surface area contributed by atoms with E-state index in [4.69, 9.17) is 4.74 Å². The lowest BCUT2D eigenvalue weighted by atomic mass is 9.73. The van der Waals surface area contributed by atoms with Gasteiger partial charge in [-0.15, -0.1) is 0 Å². The molecule has 1 saturated carbocycles. The van der Waals surface area contributed by atoms with Crippen LogP contribution in [0.4, 0.5) is 0 Å². The van der Waals surface area contributed by atoms with E-state index in [0.29, 0.717) is 11.5 Å². The van der Waals surface area contributed by atoms with Gasteiger partial charge in [-0.3, -0.25) is 0 Å². The molecule has 0 amide bonds. The first-order chi connectivity index (χ1) is 5.85. The lowest BCUT2D eigenvalue weighted by Gasteiger charge is -2.31. The van der Waals surface area contributed by atoms with Gasteiger partial charge in [-0.1, -0.05) is 41.9 Å². The highest BCUT2D eigenvalue weighted by Crippen LogP contribution is 2.45. The predicted octanol–water partition coefficient (Wildman–Crippen LogP) is 3.16. The van der Waals surface area contributed by atoms with E-state index in [9.17, 15) is 0 Å². The number of hydrogen-bond donors (Lipinski definition) is 0. The average molecular weight is 280 g/mol. The summed E-state index contributed by atoms with van der Waals surface area (Å²) in [5.74, 6) is 0. The molecule has 0 N–H and O–H groups in total. The fourth-order valence-electron chi connectivity index (χ4n) is 2.64. The minimum Gasteiger partial charge on any atom is -0.377 e. The average Bonchev–Trinajstić information content (AvgIpc) is 2.50. The molecule has 0 bridgehead atoms. The van der Waals surface area contributed by atoms with Crippen molar-refractivity contribution in [2.24, 2.45) is 5.41 Å². The van der Waals surface area contributed by atoms with Crippen LogP contribution in [0, 0.1) is 5.41 Å². The predicted molar refractivity (Wildman–Crippen MR) is 58.8 cm³/mol. The molecule has 0 radical (unpaired) electrons. The van der Waals surface area contributed by atoms with Gasteiger partial charge in [0.2, 0.25) is 0 Å². The Bertz CT molecular complexity index is 152. The van der Waals surface area contributed by atoms with Gasteiger partial charge in [-0.05, 0) is 24.7 Å². The van der Waals surface area contributed by atoms with Crippen LogP contribution in [-0.4, -0.2) is 17.1 Å². The van der Waals surface area contributed by atoms with Crippen LogP contribution < -0.4 is 0 Å². The summed E-state index contributed by atoms with van der Waals surface area (Å²) in [5, 5.41) is 0. The van der Waals surface area contributed by atoms with Crippen molar-refractivity contribution in [2.45, 2.75) is 44.6 Å². The van der Waals surface area contributed by atoms with Crippen LogP contribution >= 0.6 is 22.6 Å². The number of ether oxygens (including phenoxy) is 1. The summed E-state index contributed by atoms with van der Waals surface area (Å²) in [6.45, 7) is 1.06. The zero-order chi connectivity index (χ0) is 8.44. The lowest BCUT2D eigenvalue weighted by molar-refractivity contribution is 0.0955. The number of rotatable bonds is 1. The molecule has 2 fully saturated rings. The standard InChI is InChI=1S/C10H17IO/c11-7-9-6-10(8-12-9)4-2-1-3-5-10/h9H,1-8H2/t9-/m1/s1. The van der Waals surface area contributed by atoms with Gasteiger partial charge in [-0.2, -0.15) is 0 Å². The van der Waals surface area contributed by atoms with Crippen LogP contribution in [0.1, 0.15) is 38.5 Å². The maximum absolute atomic E-state index is 5.79. The second kappa shape index (κ2) is 3.82. The Morgan fingerprint density at radius 3 is 2.58 bits per heavy atom. The first-order valence-electron chi connectivity index (χ1n) is 5.02. The van der Waals surface area contributed by atoms with Crippen LogP contribution in [-0.2, 0) is 4.74 Å². The van der Waals surface area contributed by atoms with E-state index in [1.165, 1.54) is 43.0 Å². The highest BCUT2D eigenvalue weighted by atomic mass is 127. The highest BCUT2D eigenvalue weighted by molar-refractivity contribution is 14.1. The van der Waals surface area contributed by atoms with Gasteiger partial charge < -0.3 is 4.74 Å². The highest BCUT2D eigenvalue weighted by Gasteiger charge is 2.40. The zero-order valence-corrected chi connectivity index (χ0v) is 9.68. The van der Waals surface area contributed by atoms with Crippen LogP contribution in [0.2, 0.25) is 0 Å². The number of halogens is 1. The summed E-state index contributed by atoms with van der Waals surface area (Å²) < 4.78 is 6.97. The summed E-state index contributed by atoms with van der Waals surface area (Å²) >= 11 is 2.44. The molecule has 1 heterocycles. The maximum Gasteiger partial charge on any atom is 0.0670 e. The number of hydrogen-bond acceptors (Lipinski definition) is 1. The van der Waals surface area contributed by atoms with Gasteiger partial charge in [0, 0.05) is 4.43 Å². The van der Waals surface area contributed by atoms with E-state index in [1.54, 1.807) is 0 Å². The summed E-state index contributed by atoms with van der Waals surface area (Å²) in [6.07, 6.45) is 9.12. The quantitative estimate of drug-likeness (QED) is 0.529. The maximum atomic E-state index is 5.79. The first kappa shape index (κ1) is 9.25. The fourth-order valence-corrected chi connectivity index (χ4v) is 3.21. The lowest BCUT2D eigenvalue weighted by Crippen LogP contribution is -2.24. The fraction of sp³-hybridized carbons (Fsp3) is 1.00. The second-order valence-corrected chi connectivity index (χ2v) is 5.23. The Hall–Kier alpha value is 0.690. The molecule has 2 rings (SSSR count). The van der Waals surface area contributed by atoms with Gasteiger partial charge in [0.25, 0.3) is 0 Å². The van der Waals surface area contributed by atoms with Crippen molar-refractivity contribution in [3.05, 3.63) is 0 Å². The van der Waals surface area contributed by atoms with Crippen LogP contribution in [0.15, 0.2) is 0 Å². The van der Waals surface area contributed by atoms with E-state index >= 15 is 0 Å². The van der Waals surface area contributed by atoms with Gasteiger partial charge in [0.1, 0.15) is 0 Å². The number of alkyl halides is 1. The largest absolute Gasteiger partial charge is 0.377 e. The molecular formula is C10H17IO. The minimum absolute atomic E-state index is 0.573. The first-order valence-corrected chi connectivity index (χ1v) is 6.55. The molecule has 1 aliphatic carbocycles. The van der Waals surface area contributed by atoms with E-state index < -0.39 is 0 Å². The van der Waals surface area contributed by atoms with Crippen molar-refractivity contribution in [3.8, 4) is 0 Å². The van der Waals surface area contributed by atoms with Crippen LogP contribution in [0.25, 0.3) is 0 Å². The van der Waals surface area contributed by atoms with E-state index in [2.05, 4.69) is 22.6 Å². The molecule has 1 atom stereocenters. The molecule has 0 unspecified atom stereocenters. The normalized spacial score (nSPS) is 34.2. The molecule has 0 aromatic carbocycles. The van der Waals surface area contributed by atoms with E-state index in [1.807, 2.05) is 0 Å². The SMILES string of the molecule is IC[C@H]1CC2(CCCCC2)CO1. The Balaban J connectivity index is 1.94. The molecule has 1 aliphatic heterocycles. The topological polar surface area (TPSA) is 9.23 Å². The van der Waals surface area contributed by atoms with Crippen molar-refractivity contribution in [2.75, 3.05) is 11.0 Å². The van der Waals surface area contributed by atoms with Gasteiger partial charge in [-0.25, -0.2) is 0 Å². The smallest absolute Gasteiger partial charge is 0.0670 e. The summed E-state index contributed by atoms with van der Waals surface area (Å²) in [5.41, 5.74) is 0.619. The van der Waals surface area contributed by atoms with E-state index in [-0.39, 0.29) is 0 Å². The van der Waals surface area contributed by atoms with Gasteiger partial charge >= 0.3 is 0 Å². The van der Waals surface area contributed by atoms with Crippen molar-refractivity contribution in [1.29, 1.82) is 0 Å². The zero-order valence-electron chi connectivity index (χ0n) is 7.52. The molecule has 1 saturated heterocycles. The molecular weight excluding hydrogens is 263 g/mol.